The van der Waals surface area contributed by atoms with Gasteiger partial charge in [0.1, 0.15) is 0 Å². The monoisotopic (exact) mass is 287 g/mol. The van der Waals surface area contributed by atoms with Gasteiger partial charge in [0, 0.05) is 20.0 Å². The molecular formula is C16H21N3O2. The predicted octanol–water partition coefficient (Wildman–Crippen LogP) is 2.73. The summed E-state index contributed by atoms with van der Waals surface area (Å²) in [6.07, 6.45) is 3.48. The lowest BCUT2D eigenvalue weighted by Gasteiger charge is -2.13. The van der Waals surface area contributed by atoms with Crippen molar-refractivity contribution in [3.63, 3.8) is 0 Å². The van der Waals surface area contributed by atoms with Crippen LogP contribution in [0.2, 0.25) is 0 Å². The van der Waals surface area contributed by atoms with Gasteiger partial charge in [-0.25, -0.2) is 0 Å². The van der Waals surface area contributed by atoms with E-state index >= 15 is 0 Å². The SMILES string of the molecule is CCCCN(C)C(=O)c1nnc(CCc2ccccc2)o1. The third-order valence-electron chi connectivity index (χ3n) is 3.31. The van der Waals surface area contributed by atoms with Crippen LogP contribution in [0.25, 0.3) is 0 Å². The molecule has 0 N–H and O–H groups in total. The zero-order valence-corrected chi connectivity index (χ0v) is 12.6. The Morgan fingerprint density at radius 3 is 2.67 bits per heavy atom. The van der Waals surface area contributed by atoms with Crippen LogP contribution in [0, 0.1) is 0 Å². The molecule has 1 aromatic carbocycles. The Bertz CT molecular complexity index is 566. The van der Waals surface area contributed by atoms with E-state index in [9.17, 15) is 4.79 Å². The van der Waals surface area contributed by atoms with E-state index in [0.29, 0.717) is 18.9 Å². The van der Waals surface area contributed by atoms with Crippen LogP contribution < -0.4 is 0 Å². The van der Waals surface area contributed by atoms with Gasteiger partial charge in [0.15, 0.2) is 0 Å². The number of amides is 1. The third kappa shape index (κ3) is 4.41. The number of nitrogens with zero attached hydrogens (tertiary/aromatic N) is 3. The number of hydrogen-bond donors (Lipinski definition) is 0. The molecule has 5 nitrogen and oxygen atoms in total. The molecule has 0 saturated heterocycles. The minimum Gasteiger partial charge on any atom is -0.417 e. The fourth-order valence-electron chi connectivity index (χ4n) is 2.00. The molecule has 0 aliphatic heterocycles. The molecule has 1 amide bonds. The average Bonchev–Trinajstić information content (AvgIpc) is 2.99. The molecule has 21 heavy (non-hydrogen) atoms. The molecule has 0 aliphatic rings. The number of aryl methyl sites for hydroxylation is 2. The Kier molecular flexibility index (Phi) is 5.49. The van der Waals surface area contributed by atoms with Gasteiger partial charge in [-0.05, 0) is 18.4 Å². The molecule has 1 aromatic heterocycles. The van der Waals surface area contributed by atoms with E-state index in [2.05, 4.69) is 29.3 Å². The normalized spacial score (nSPS) is 10.6. The van der Waals surface area contributed by atoms with Crippen molar-refractivity contribution < 1.29 is 9.21 Å². The van der Waals surface area contributed by atoms with Crippen molar-refractivity contribution in [3.05, 3.63) is 47.7 Å². The molecule has 0 aliphatic carbocycles. The van der Waals surface area contributed by atoms with E-state index in [1.54, 1.807) is 11.9 Å². The number of carbonyl (C=O) groups is 1. The van der Waals surface area contributed by atoms with Crippen LogP contribution in [0.3, 0.4) is 0 Å². The van der Waals surface area contributed by atoms with Crippen LogP contribution in [0.4, 0.5) is 0 Å². The lowest BCUT2D eigenvalue weighted by atomic mass is 10.1. The summed E-state index contributed by atoms with van der Waals surface area (Å²) >= 11 is 0. The highest BCUT2D eigenvalue weighted by Crippen LogP contribution is 2.08. The molecule has 112 valence electrons. The third-order valence-corrected chi connectivity index (χ3v) is 3.31. The van der Waals surface area contributed by atoms with Gasteiger partial charge in [0.25, 0.3) is 0 Å². The van der Waals surface area contributed by atoms with Crippen molar-refractivity contribution in [3.8, 4) is 0 Å². The highest BCUT2D eigenvalue weighted by molar-refractivity contribution is 5.89. The van der Waals surface area contributed by atoms with Crippen LogP contribution in [0.1, 0.15) is 41.9 Å². The molecule has 1 heterocycles. The maximum atomic E-state index is 12.1. The van der Waals surface area contributed by atoms with Gasteiger partial charge in [-0.3, -0.25) is 4.79 Å². The van der Waals surface area contributed by atoms with Crippen LogP contribution >= 0.6 is 0 Å². The highest BCUT2D eigenvalue weighted by Gasteiger charge is 2.18. The molecule has 0 spiro atoms. The van der Waals surface area contributed by atoms with Crippen molar-refractivity contribution >= 4 is 5.91 Å². The minimum absolute atomic E-state index is 0.0802. The summed E-state index contributed by atoms with van der Waals surface area (Å²) in [6, 6.07) is 10.1. The summed E-state index contributed by atoms with van der Waals surface area (Å²) in [5, 5.41) is 7.80. The minimum atomic E-state index is -0.207. The Labute approximate surface area is 125 Å². The molecule has 0 bridgehead atoms. The van der Waals surface area contributed by atoms with E-state index in [0.717, 1.165) is 19.3 Å². The standard InChI is InChI=1S/C16H21N3O2/c1-3-4-12-19(2)16(20)15-18-17-14(21-15)11-10-13-8-6-5-7-9-13/h5-9H,3-4,10-12H2,1-2H3. The highest BCUT2D eigenvalue weighted by atomic mass is 16.4. The first-order valence-electron chi connectivity index (χ1n) is 7.32. The molecule has 2 rings (SSSR count). The van der Waals surface area contributed by atoms with Crippen LogP contribution in [-0.4, -0.2) is 34.6 Å². The first kappa shape index (κ1) is 15.2. The van der Waals surface area contributed by atoms with Crippen molar-refractivity contribution in [2.24, 2.45) is 0 Å². The smallest absolute Gasteiger partial charge is 0.311 e. The van der Waals surface area contributed by atoms with Crippen molar-refractivity contribution in [2.75, 3.05) is 13.6 Å². The first-order chi connectivity index (χ1) is 10.2. The first-order valence-corrected chi connectivity index (χ1v) is 7.32. The fraction of sp³-hybridized carbons (Fsp3) is 0.438. The molecule has 0 unspecified atom stereocenters. The van der Waals surface area contributed by atoms with Gasteiger partial charge in [0.05, 0.1) is 0 Å². The van der Waals surface area contributed by atoms with E-state index in [-0.39, 0.29) is 11.8 Å². The molecule has 0 radical (unpaired) electrons. The summed E-state index contributed by atoms with van der Waals surface area (Å²) in [6.45, 7) is 2.80. The largest absolute Gasteiger partial charge is 0.417 e. The zero-order chi connectivity index (χ0) is 15.1. The van der Waals surface area contributed by atoms with E-state index in [4.69, 9.17) is 4.42 Å². The Hall–Kier alpha value is -2.17. The van der Waals surface area contributed by atoms with Gasteiger partial charge in [-0.15, -0.1) is 10.2 Å². The average molecular weight is 287 g/mol. The predicted molar refractivity (Wildman–Crippen MR) is 80.0 cm³/mol. The van der Waals surface area contributed by atoms with Crippen molar-refractivity contribution in [2.45, 2.75) is 32.6 Å². The molecular weight excluding hydrogens is 266 g/mol. The molecule has 2 aromatic rings. The molecule has 5 heteroatoms. The maximum Gasteiger partial charge on any atom is 0.311 e. The van der Waals surface area contributed by atoms with Gasteiger partial charge in [-0.2, -0.15) is 0 Å². The summed E-state index contributed by atoms with van der Waals surface area (Å²) in [4.78, 5) is 13.7. The number of rotatable bonds is 7. The number of aromatic nitrogens is 2. The lowest BCUT2D eigenvalue weighted by molar-refractivity contribution is 0.0752. The Morgan fingerprint density at radius 2 is 1.95 bits per heavy atom. The van der Waals surface area contributed by atoms with Gasteiger partial charge in [-0.1, -0.05) is 43.7 Å². The quantitative estimate of drug-likeness (QED) is 0.785. The lowest BCUT2D eigenvalue weighted by Crippen LogP contribution is -2.27. The van der Waals surface area contributed by atoms with E-state index < -0.39 is 0 Å². The van der Waals surface area contributed by atoms with Crippen molar-refractivity contribution in [1.82, 2.24) is 15.1 Å². The molecule has 0 atom stereocenters. The number of benzene rings is 1. The number of unbranched alkanes of at least 4 members (excludes halogenated alkanes) is 1. The van der Waals surface area contributed by atoms with Crippen LogP contribution in [-0.2, 0) is 12.8 Å². The topological polar surface area (TPSA) is 59.2 Å². The second-order valence-electron chi connectivity index (χ2n) is 5.07. The van der Waals surface area contributed by atoms with E-state index in [1.165, 1.54) is 5.56 Å². The van der Waals surface area contributed by atoms with E-state index in [1.807, 2.05) is 18.2 Å². The number of carbonyl (C=O) groups excluding carboxylic acids is 1. The van der Waals surface area contributed by atoms with Crippen molar-refractivity contribution in [1.29, 1.82) is 0 Å². The van der Waals surface area contributed by atoms with Gasteiger partial charge < -0.3 is 9.32 Å². The summed E-state index contributed by atoms with van der Waals surface area (Å²) < 4.78 is 5.45. The number of hydrogen-bond acceptors (Lipinski definition) is 4. The molecule has 0 fully saturated rings. The second-order valence-corrected chi connectivity index (χ2v) is 5.07. The fourth-order valence-corrected chi connectivity index (χ4v) is 2.00. The summed E-state index contributed by atoms with van der Waals surface area (Å²) in [5.41, 5.74) is 1.21. The van der Waals surface area contributed by atoms with Crippen LogP contribution in [0.5, 0.6) is 0 Å². The second kappa shape index (κ2) is 7.57. The zero-order valence-electron chi connectivity index (χ0n) is 12.6. The van der Waals surface area contributed by atoms with Gasteiger partial charge >= 0.3 is 11.8 Å². The van der Waals surface area contributed by atoms with Crippen LogP contribution in [0.15, 0.2) is 34.7 Å². The summed E-state index contributed by atoms with van der Waals surface area (Å²) in [7, 11) is 1.76. The Balaban J connectivity index is 1.90. The Morgan fingerprint density at radius 1 is 1.19 bits per heavy atom. The summed E-state index contributed by atoms with van der Waals surface area (Å²) in [5.74, 6) is 0.379. The maximum absolute atomic E-state index is 12.1. The molecule has 0 saturated carbocycles. The van der Waals surface area contributed by atoms with Gasteiger partial charge in [0.2, 0.25) is 5.89 Å².